The monoisotopic (exact) mass is 509 g/mol. The third-order valence-corrected chi connectivity index (χ3v) is 6.84. The van der Waals surface area contributed by atoms with Crippen LogP contribution in [0.25, 0.3) is 22.3 Å². The van der Waals surface area contributed by atoms with Crippen LogP contribution in [0.4, 0.5) is 11.6 Å². The fraction of sp³-hybridized carbons (Fsp3) is 0.259. The Morgan fingerprint density at radius 1 is 1.16 bits per heavy atom. The zero-order valence-electron chi connectivity index (χ0n) is 20.9. The first-order valence-corrected chi connectivity index (χ1v) is 12.5. The van der Waals surface area contributed by atoms with E-state index in [2.05, 4.69) is 25.4 Å². The molecule has 5 aromatic rings. The van der Waals surface area contributed by atoms with Crippen LogP contribution in [0.15, 0.2) is 55.1 Å². The summed E-state index contributed by atoms with van der Waals surface area (Å²) in [5, 5.41) is 22.5. The summed E-state index contributed by atoms with van der Waals surface area (Å²) in [5.41, 5.74) is 12.0. The highest BCUT2D eigenvalue weighted by molar-refractivity contribution is 6.04. The fourth-order valence-corrected chi connectivity index (χ4v) is 5.03. The van der Waals surface area contributed by atoms with Gasteiger partial charge in [0, 0.05) is 29.1 Å². The molecule has 1 aromatic carbocycles. The molecule has 0 aliphatic heterocycles. The van der Waals surface area contributed by atoms with Crippen LogP contribution in [0.3, 0.4) is 0 Å². The SMILES string of the molecule is Cc1ccnc(NC(=O)c2ccc(-c3nn([C@H]4CCCc5nn(CCO)cc54)c4ncnc(N)c34)cc2)c1. The Bertz CT molecular complexity index is 1640. The Balaban J connectivity index is 1.36. The van der Waals surface area contributed by atoms with Crippen LogP contribution in [-0.2, 0) is 13.0 Å². The van der Waals surface area contributed by atoms with Crippen LogP contribution in [0.2, 0.25) is 0 Å². The number of pyridine rings is 1. The summed E-state index contributed by atoms with van der Waals surface area (Å²) in [5.74, 6) is 0.598. The van der Waals surface area contributed by atoms with Crippen molar-refractivity contribution in [2.45, 2.75) is 38.8 Å². The molecule has 1 aliphatic rings. The third-order valence-electron chi connectivity index (χ3n) is 6.84. The zero-order chi connectivity index (χ0) is 26.2. The second-order valence-electron chi connectivity index (χ2n) is 9.43. The van der Waals surface area contributed by atoms with E-state index in [4.69, 9.17) is 10.8 Å². The standard InChI is InChI=1S/C27H27N9O2/c1-16-9-10-29-22(13-16)32-27(38)18-7-5-17(6-8-18)24-23-25(28)30-15-31-26(23)36(34-24)21-4-2-3-20-19(21)14-35(33-20)11-12-37/h5-10,13-15,21,37H,2-4,11-12H2,1H3,(H2,28,30,31)(H,29,32,38)/t21-/m0/s1. The van der Waals surface area contributed by atoms with Crippen LogP contribution in [-0.4, -0.2) is 52.1 Å². The van der Waals surface area contributed by atoms with Gasteiger partial charge in [-0.1, -0.05) is 12.1 Å². The van der Waals surface area contributed by atoms with E-state index in [1.165, 1.54) is 6.33 Å². The molecule has 6 rings (SSSR count). The van der Waals surface area contributed by atoms with Gasteiger partial charge in [-0.05, 0) is 56.0 Å². The number of amides is 1. The molecule has 0 saturated heterocycles. The minimum atomic E-state index is -0.248. The smallest absolute Gasteiger partial charge is 0.256 e. The summed E-state index contributed by atoms with van der Waals surface area (Å²) in [6.07, 6.45) is 7.83. The van der Waals surface area contributed by atoms with E-state index in [1.54, 1.807) is 23.0 Å². The number of carbonyl (C=O) groups excluding carboxylic acids is 1. The number of aromatic nitrogens is 7. The quantitative estimate of drug-likeness (QED) is 0.316. The molecular formula is C27H27N9O2. The molecule has 1 amide bonds. The fourth-order valence-electron chi connectivity index (χ4n) is 5.03. The minimum absolute atomic E-state index is 0.0271. The van der Waals surface area contributed by atoms with E-state index in [9.17, 15) is 9.90 Å². The Labute approximate surface area is 218 Å². The maximum absolute atomic E-state index is 12.8. The Hall–Kier alpha value is -4.64. The number of nitrogens with one attached hydrogen (secondary N) is 1. The molecule has 1 aliphatic carbocycles. The van der Waals surface area contributed by atoms with E-state index < -0.39 is 0 Å². The second-order valence-corrected chi connectivity index (χ2v) is 9.43. The van der Waals surface area contributed by atoms with Crippen molar-refractivity contribution in [2.24, 2.45) is 0 Å². The maximum atomic E-state index is 12.8. The number of benzene rings is 1. The molecule has 11 nitrogen and oxygen atoms in total. The molecule has 0 unspecified atom stereocenters. The van der Waals surface area contributed by atoms with Crippen LogP contribution in [0.5, 0.6) is 0 Å². The summed E-state index contributed by atoms with van der Waals surface area (Å²) in [6.45, 7) is 2.42. The van der Waals surface area contributed by atoms with Crippen molar-refractivity contribution in [3.8, 4) is 11.3 Å². The number of fused-ring (bicyclic) bond motifs is 2. The van der Waals surface area contributed by atoms with Crippen molar-refractivity contribution < 1.29 is 9.90 Å². The van der Waals surface area contributed by atoms with Gasteiger partial charge in [-0.25, -0.2) is 19.6 Å². The van der Waals surface area contributed by atoms with Crippen molar-refractivity contribution in [2.75, 3.05) is 17.7 Å². The number of anilines is 2. The highest BCUT2D eigenvalue weighted by Crippen LogP contribution is 2.37. The molecule has 4 heterocycles. The first kappa shape index (κ1) is 23.7. The number of nitrogen functional groups attached to an aromatic ring is 1. The number of nitrogens with zero attached hydrogens (tertiary/aromatic N) is 7. The molecule has 0 fully saturated rings. The van der Waals surface area contributed by atoms with Gasteiger partial charge in [0.05, 0.1) is 30.3 Å². The zero-order valence-corrected chi connectivity index (χ0v) is 20.9. The highest BCUT2D eigenvalue weighted by atomic mass is 16.3. The molecule has 0 bridgehead atoms. The van der Waals surface area contributed by atoms with Crippen molar-refractivity contribution in [1.29, 1.82) is 0 Å². The lowest BCUT2D eigenvalue weighted by Gasteiger charge is -2.22. The number of hydrogen-bond acceptors (Lipinski definition) is 8. The minimum Gasteiger partial charge on any atom is -0.394 e. The van der Waals surface area contributed by atoms with E-state index in [-0.39, 0.29) is 18.6 Å². The highest BCUT2D eigenvalue weighted by Gasteiger charge is 2.29. The summed E-state index contributed by atoms with van der Waals surface area (Å²) in [7, 11) is 0. The topological polar surface area (TPSA) is 150 Å². The average molecular weight is 510 g/mol. The molecule has 0 saturated carbocycles. The van der Waals surface area contributed by atoms with Crippen LogP contribution in [0.1, 0.15) is 46.1 Å². The Morgan fingerprint density at radius 2 is 2.00 bits per heavy atom. The van der Waals surface area contributed by atoms with E-state index in [0.717, 1.165) is 41.6 Å². The Kier molecular flexibility index (Phi) is 6.04. The summed E-state index contributed by atoms with van der Waals surface area (Å²) >= 11 is 0. The van der Waals surface area contributed by atoms with Gasteiger partial charge < -0.3 is 16.2 Å². The second kappa shape index (κ2) is 9.67. The van der Waals surface area contributed by atoms with Gasteiger partial charge in [-0.2, -0.15) is 10.2 Å². The maximum Gasteiger partial charge on any atom is 0.256 e. The number of aliphatic hydroxyl groups is 1. The number of carbonyl (C=O) groups is 1. The van der Waals surface area contributed by atoms with E-state index in [1.807, 2.05) is 42.1 Å². The third kappa shape index (κ3) is 4.26. The van der Waals surface area contributed by atoms with Crippen LogP contribution >= 0.6 is 0 Å². The molecule has 1 atom stereocenters. The van der Waals surface area contributed by atoms with Gasteiger partial charge in [-0.15, -0.1) is 0 Å². The Morgan fingerprint density at radius 3 is 2.79 bits per heavy atom. The number of aryl methyl sites for hydroxylation is 2. The van der Waals surface area contributed by atoms with Crippen molar-refractivity contribution in [3.63, 3.8) is 0 Å². The molecule has 192 valence electrons. The van der Waals surface area contributed by atoms with Crippen LogP contribution in [0, 0.1) is 6.92 Å². The first-order chi connectivity index (χ1) is 18.5. The number of aliphatic hydroxyl groups excluding tert-OH is 1. The van der Waals surface area contributed by atoms with Gasteiger partial charge in [0.2, 0.25) is 0 Å². The van der Waals surface area contributed by atoms with Gasteiger partial charge >= 0.3 is 0 Å². The molecule has 4 aromatic heterocycles. The molecule has 0 spiro atoms. The van der Waals surface area contributed by atoms with Crippen molar-refractivity contribution in [1.82, 2.24) is 34.5 Å². The predicted molar refractivity (Wildman–Crippen MR) is 142 cm³/mol. The van der Waals surface area contributed by atoms with E-state index >= 15 is 0 Å². The molecular weight excluding hydrogens is 482 g/mol. The van der Waals surface area contributed by atoms with Gasteiger partial charge in [0.15, 0.2) is 5.65 Å². The van der Waals surface area contributed by atoms with Crippen LogP contribution < -0.4 is 11.1 Å². The van der Waals surface area contributed by atoms with Gasteiger partial charge in [0.1, 0.15) is 23.7 Å². The summed E-state index contributed by atoms with van der Waals surface area (Å²) < 4.78 is 3.70. The van der Waals surface area contributed by atoms with Gasteiger partial charge in [-0.3, -0.25) is 9.48 Å². The van der Waals surface area contributed by atoms with Gasteiger partial charge in [0.25, 0.3) is 5.91 Å². The average Bonchev–Trinajstić information content (AvgIpc) is 3.51. The molecule has 4 N–H and O–H groups in total. The van der Waals surface area contributed by atoms with Crippen molar-refractivity contribution in [3.05, 3.63) is 77.5 Å². The first-order valence-electron chi connectivity index (χ1n) is 12.5. The lowest BCUT2D eigenvalue weighted by atomic mass is 9.93. The molecule has 11 heteroatoms. The van der Waals surface area contributed by atoms with E-state index in [0.29, 0.717) is 40.5 Å². The van der Waals surface area contributed by atoms with Crippen molar-refractivity contribution >= 4 is 28.6 Å². The summed E-state index contributed by atoms with van der Waals surface area (Å²) in [4.78, 5) is 25.8. The number of hydrogen-bond donors (Lipinski definition) is 3. The number of rotatable bonds is 6. The normalized spacial score (nSPS) is 14.9. The molecule has 0 radical (unpaired) electrons. The summed E-state index contributed by atoms with van der Waals surface area (Å²) in [6, 6.07) is 10.8. The number of nitrogens with two attached hydrogens (primary N) is 1. The predicted octanol–water partition coefficient (Wildman–Crippen LogP) is 3.15. The molecule has 38 heavy (non-hydrogen) atoms. The lowest BCUT2D eigenvalue weighted by Crippen LogP contribution is -2.18. The largest absolute Gasteiger partial charge is 0.394 e. The lowest BCUT2D eigenvalue weighted by molar-refractivity contribution is 0.102.